The monoisotopic (exact) mass is 339 g/mol. The summed E-state index contributed by atoms with van der Waals surface area (Å²) in [5.74, 6) is -4.57. The van der Waals surface area contributed by atoms with Gasteiger partial charge in [-0.3, -0.25) is 4.79 Å². The highest BCUT2D eigenvalue weighted by Gasteiger charge is 2.48. The number of alkyl halides is 5. The Hall–Kier alpha value is -1.11. The van der Waals surface area contributed by atoms with Gasteiger partial charge in [-0.2, -0.15) is 8.78 Å². The highest BCUT2D eigenvalue weighted by atomic mass is 79.9. The van der Waals surface area contributed by atoms with Crippen molar-refractivity contribution in [2.75, 3.05) is 6.54 Å². The van der Waals surface area contributed by atoms with Crippen molar-refractivity contribution in [3.8, 4) is 0 Å². The number of rotatable bonds is 3. The maximum atomic E-state index is 13.3. The molecule has 0 bridgehead atoms. The zero-order valence-electron chi connectivity index (χ0n) is 9.60. The van der Waals surface area contributed by atoms with Crippen LogP contribution in [0.15, 0.2) is 18.2 Å². The Kier molecular flexibility index (Phi) is 3.85. The molecule has 1 aliphatic rings. The molecule has 0 radical (unpaired) electrons. The van der Waals surface area contributed by atoms with E-state index in [4.69, 9.17) is 0 Å². The van der Waals surface area contributed by atoms with E-state index >= 15 is 0 Å². The van der Waals surface area contributed by atoms with E-state index in [0.29, 0.717) is 13.0 Å². The molecule has 0 fully saturated rings. The fourth-order valence-corrected chi connectivity index (χ4v) is 2.40. The summed E-state index contributed by atoms with van der Waals surface area (Å²) in [6.07, 6.45) is -3.18. The summed E-state index contributed by atoms with van der Waals surface area (Å²) in [4.78, 5) is 9.75. The third kappa shape index (κ3) is 2.61. The molecule has 7 heteroatoms. The van der Waals surface area contributed by atoms with E-state index in [9.17, 15) is 22.4 Å². The molecule has 1 heterocycles. The summed E-state index contributed by atoms with van der Waals surface area (Å²) in [6, 6.07) is 4.10. The van der Waals surface area contributed by atoms with Gasteiger partial charge in [-0.1, -0.05) is 28.1 Å². The van der Waals surface area contributed by atoms with E-state index in [0.717, 1.165) is 5.56 Å². The van der Waals surface area contributed by atoms with Crippen LogP contribution in [0.3, 0.4) is 0 Å². The Morgan fingerprint density at radius 1 is 1.32 bits per heavy atom. The molecule has 1 atom stereocenters. The van der Waals surface area contributed by atoms with Crippen LogP contribution in [0, 0.1) is 0 Å². The van der Waals surface area contributed by atoms with Gasteiger partial charge in [-0.05, 0) is 23.6 Å². The first kappa shape index (κ1) is 14.3. The lowest BCUT2D eigenvalue weighted by Crippen LogP contribution is -2.33. The van der Waals surface area contributed by atoms with Gasteiger partial charge in [0.15, 0.2) is 0 Å². The molecule has 0 aromatic heterocycles. The SMILES string of the molecule is O=C1NCCc2ccc(C(Br)C(F)(F)C(F)F)cc21. The van der Waals surface area contributed by atoms with Crippen LogP contribution in [0.25, 0.3) is 0 Å². The molecule has 104 valence electrons. The van der Waals surface area contributed by atoms with Crippen LogP contribution in [0.1, 0.15) is 26.3 Å². The summed E-state index contributed by atoms with van der Waals surface area (Å²) >= 11 is 2.59. The normalized spacial score (nSPS) is 17.1. The van der Waals surface area contributed by atoms with Gasteiger partial charge in [0.05, 0.1) is 0 Å². The summed E-state index contributed by atoms with van der Waals surface area (Å²) in [5, 5.41) is 2.58. The number of fused-ring (bicyclic) bond motifs is 1. The predicted octanol–water partition coefficient (Wildman–Crippen LogP) is 3.31. The zero-order chi connectivity index (χ0) is 14.2. The van der Waals surface area contributed by atoms with E-state index in [2.05, 4.69) is 21.2 Å². The van der Waals surface area contributed by atoms with Gasteiger partial charge in [-0.25, -0.2) is 8.78 Å². The molecule has 0 aliphatic carbocycles. The highest BCUT2D eigenvalue weighted by molar-refractivity contribution is 9.09. The van der Waals surface area contributed by atoms with Gasteiger partial charge in [0, 0.05) is 12.1 Å². The van der Waals surface area contributed by atoms with Crippen molar-refractivity contribution in [1.82, 2.24) is 5.32 Å². The quantitative estimate of drug-likeness (QED) is 0.664. The number of halogens is 5. The summed E-state index contributed by atoms with van der Waals surface area (Å²) in [5.41, 5.74) is 0.951. The fourth-order valence-electron chi connectivity index (χ4n) is 1.92. The fraction of sp³-hybridized carbons (Fsp3) is 0.417. The molecule has 19 heavy (non-hydrogen) atoms. The summed E-state index contributed by atoms with van der Waals surface area (Å²) in [6.45, 7) is 0.482. The Bertz CT molecular complexity index is 507. The lowest BCUT2D eigenvalue weighted by atomic mass is 9.95. The molecule has 1 unspecified atom stereocenters. The van der Waals surface area contributed by atoms with Crippen LogP contribution in [-0.2, 0) is 6.42 Å². The van der Waals surface area contributed by atoms with Crippen LogP contribution < -0.4 is 5.32 Å². The number of hydrogen-bond donors (Lipinski definition) is 1. The third-order valence-electron chi connectivity index (χ3n) is 2.98. The average Bonchev–Trinajstić information content (AvgIpc) is 2.37. The van der Waals surface area contributed by atoms with E-state index in [1.165, 1.54) is 18.2 Å². The van der Waals surface area contributed by atoms with Gasteiger partial charge < -0.3 is 5.32 Å². The minimum atomic E-state index is -4.20. The molecule has 2 nitrogen and oxygen atoms in total. The second-order valence-corrected chi connectivity index (χ2v) is 5.18. The standard InChI is InChI=1S/C12H10BrF4NO/c13-9(12(16,17)11(14)15)7-2-1-6-3-4-18-10(19)8(6)5-7/h1-2,5,9,11H,3-4H2,(H,18,19). The van der Waals surface area contributed by atoms with Gasteiger partial charge >= 0.3 is 12.3 Å². The number of benzene rings is 1. The van der Waals surface area contributed by atoms with Gasteiger partial charge in [0.2, 0.25) is 0 Å². The van der Waals surface area contributed by atoms with Crippen LogP contribution >= 0.6 is 15.9 Å². The van der Waals surface area contributed by atoms with Gasteiger partial charge in [0.1, 0.15) is 4.83 Å². The molecule has 0 spiro atoms. The Labute approximate surface area is 115 Å². The second kappa shape index (κ2) is 5.11. The first-order valence-corrected chi connectivity index (χ1v) is 6.46. The predicted molar refractivity (Wildman–Crippen MR) is 65.1 cm³/mol. The Balaban J connectivity index is 2.37. The average molecular weight is 340 g/mol. The highest BCUT2D eigenvalue weighted by Crippen LogP contribution is 2.43. The number of carbonyl (C=O) groups excluding carboxylic acids is 1. The smallest absolute Gasteiger partial charge is 0.323 e. The van der Waals surface area contributed by atoms with Gasteiger partial charge in [0.25, 0.3) is 5.91 Å². The molecule has 1 aliphatic heterocycles. The molecule has 1 aromatic carbocycles. The number of carbonyl (C=O) groups is 1. The molecule has 1 N–H and O–H groups in total. The molecule has 2 rings (SSSR count). The number of nitrogens with one attached hydrogen (secondary N) is 1. The Morgan fingerprint density at radius 2 is 2.00 bits per heavy atom. The topological polar surface area (TPSA) is 29.1 Å². The van der Waals surface area contributed by atoms with E-state index in [-0.39, 0.29) is 17.0 Å². The van der Waals surface area contributed by atoms with Crippen LogP contribution in [-0.4, -0.2) is 24.8 Å². The molecule has 1 aromatic rings. The number of amides is 1. The lowest BCUT2D eigenvalue weighted by molar-refractivity contribution is -0.127. The van der Waals surface area contributed by atoms with E-state index in [1.807, 2.05) is 0 Å². The molecular weight excluding hydrogens is 330 g/mol. The van der Waals surface area contributed by atoms with Crippen LogP contribution in [0.2, 0.25) is 0 Å². The van der Waals surface area contributed by atoms with Crippen molar-refractivity contribution in [3.05, 3.63) is 34.9 Å². The van der Waals surface area contributed by atoms with Crippen LogP contribution in [0.4, 0.5) is 17.6 Å². The molecular formula is C12H10BrF4NO. The molecule has 1 amide bonds. The zero-order valence-corrected chi connectivity index (χ0v) is 11.2. The van der Waals surface area contributed by atoms with Crippen molar-refractivity contribution in [3.63, 3.8) is 0 Å². The largest absolute Gasteiger partial charge is 0.352 e. The van der Waals surface area contributed by atoms with Crippen molar-refractivity contribution in [2.24, 2.45) is 0 Å². The number of hydrogen-bond acceptors (Lipinski definition) is 1. The van der Waals surface area contributed by atoms with E-state index in [1.54, 1.807) is 0 Å². The third-order valence-corrected chi connectivity index (χ3v) is 4.12. The Morgan fingerprint density at radius 3 is 2.63 bits per heavy atom. The van der Waals surface area contributed by atoms with Crippen molar-refractivity contribution < 1.29 is 22.4 Å². The van der Waals surface area contributed by atoms with Crippen molar-refractivity contribution in [1.29, 1.82) is 0 Å². The minimum Gasteiger partial charge on any atom is -0.352 e. The molecule has 0 saturated heterocycles. The van der Waals surface area contributed by atoms with E-state index < -0.39 is 17.2 Å². The van der Waals surface area contributed by atoms with Crippen molar-refractivity contribution in [2.45, 2.75) is 23.6 Å². The maximum Gasteiger partial charge on any atom is 0.323 e. The van der Waals surface area contributed by atoms with Gasteiger partial charge in [-0.15, -0.1) is 0 Å². The maximum absolute atomic E-state index is 13.3. The van der Waals surface area contributed by atoms with Crippen molar-refractivity contribution >= 4 is 21.8 Å². The lowest BCUT2D eigenvalue weighted by Gasteiger charge is -2.23. The minimum absolute atomic E-state index is 0.0406. The summed E-state index contributed by atoms with van der Waals surface area (Å²) in [7, 11) is 0. The molecule has 0 saturated carbocycles. The first-order chi connectivity index (χ1) is 8.84. The van der Waals surface area contributed by atoms with Crippen LogP contribution in [0.5, 0.6) is 0 Å². The first-order valence-electron chi connectivity index (χ1n) is 5.55. The summed E-state index contributed by atoms with van der Waals surface area (Å²) < 4.78 is 51.1. The second-order valence-electron chi connectivity index (χ2n) is 4.26.